The van der Waals surface area contributed by atoms with Gasteiger partial charge in [-0.2, -0.15) is 0 Å². The van der Waals surface area contributed by atoms with E-state index >= 15 is 0 Å². The minimum Gasteiger partial charge on any atom is -0.0817 e. The van der Waals surface area contributed by atoms with Crippen LogP contribution in [0.15, 0.2) is 24.3 Å². The van der Waals surface area contributed by atoms with Crippen molar-refractivity contribution in [3.05, 3.63) is 35.4 Å². The lowest BCUT2D eigenvalue weighted by Gasteiger charge is -2.21. The van der Waals surface area contributed by atoms with Gasteiger partial charge < -0.3 is 0 Å². The molecule has 0 nitrogen and oxygen atoms in total. The molecule has 1 atom stereocenters. The first-order valence-electron chi connectivity index (χ1n) is 4.85. The lowest BCUT2D eigenvalue weighted by Crippen LogP contribution is -2.11. The molecule has 0 saturated heterocycles. The lowest BCUT2D eigenvalue weighted by molar-refractivity contribution is 0.589. The molecule has 0 N–H and O–H groups in total. The SMILES string of the molecule is CC(C)(C)c1cccc(C(Br)C(Br)Br)c1. The Morgan fingerprint density at radius 1 is 1.07 bits per heavy atom. The third-order valence-electron chi connectivity index (χ3n) is 2.29. The molecule has 0 fully saturated rings. The molecule has 1 aromatic rings. The molecule has 15 heavy (non-hydrogen) atoms. The minimum atomic E-state index is 0.205. The Labute approximate surface area is 117 Å². The zero-order valence-electron chi connectivity index (χ0n) is 9.10. The summed E-state index contributed by atoms with van der Waals surface area (Å²) in [5, 5.41) is 0. The summed E-state index contributed by atoms with van der Waals surface area (Å²) in [7, 11) is 0. The molecule has 0 aliphatic rings. The van der Waals surface area contributed by atoms with Crippen molar-refractivity contribution in [2.24, 2.45) is 0 Å². The van der Waals surface area contributed by atoms with E-state index in [2.05, 4.69) is 92.8 Å². The van der Waals surface area contributed by atoms with Crippen LogP contribution in [0.3, 0.4) is 0 Å². The van der Waals surface area contributed by atoms with Crippen molar-refractivity contribution in [2.75, 3.05) is 0 Å². The van der Waals surface area contributed by atoms with Gasteiger partial charge in [0.15, 0.2) is 0 Å². The second-order valence-corrected chi connectivity index (χ2v) is 8.80. The second-order valence-electron chi connectivity index (χ2n) is 4.61. The summed E-state index contributed by atoms with van der Waals surface area (Å²) in [6, 6.07) is 8.70. The maximum atomic E-state index is 3.66. The van der Waals surface area contributed by atoms with Crippen LogP contribution in [0.4, 0.5) is 0 Å². The van der Waals surface area contributed by atoms with Gasteiger partial charge >= 0.3 is 0 Å². The minimum absolute atomic E-state index is 0.205. The first-order chi connectivity index (χ1) is 6.82. The van der Waals surface area contributed by atoms with Crippen LogP contribution in [0.5, 0.6) is 0 Å². The predicted molar refractivity (Wildman–Crippen MR) is 78.5 cm³/mol. The van der Waals surface area contributed by atoms with Gasteiger partial charge in [-0.3, -0.25) is 0 Å². The zero-order chi connectivity index (χ0) is 11.6. The monoisotopic (exact) mass is 396 g/mol. The van der Waals surface area contributed by atoms with E-state index in [1.165, 1.54) is 11.1 Å². The van der Waals surface area contributed by atoms with Crippen LogP contribution in [-0.2, 0) is 5.41 Å². The highest BCUT2D eigenvalue weighted by Crippen LogP contribution is 2.36. The quantitative estimate of drug-likeness (QED) is 0.574. The summed E-state index contributed by atoms with van der Waals surface area (Å²) in [5.41, 5.74) is 2.86. The van der Waals surface area contributed by atoms with Gasteiger partial charge in [0.2, 0.25) is 0 Å². The largest absolute Gasteiger partial charge is 0.0863 e. The van der Waals surface area contributed by atoms with Crippen LogP contribution in [0, 0.1) is 0 Å². The predicted octanol–water partition coefficient (Wildman–Crippen LogP) is 5.54. The maximum Gasteiger partial charge on any atom is 0.0863 e. The normalized spacial score (nSPS) is 14.3. The average molecular weight is 399 g/mol. The number of halogens is 3. The molecule has 0 bridgehead atoms. The van der Waals surface area contributed by atoms with Crippen LogP contribution < -0.4 is 0 Å². The number of benzene rings is 1. The molecule has 0 saturated carbocycles. The van der Waals surface area contributed by atoms with Crippen molar-refractivity contribution in [1.82, 2.24) is 0 Å². The number of hydrogen-bond acceptors (Lipinski definition) is 0. The van der Waals surface area contributed by atoms with E-state index in [1.807, 2.05) is 0 Å². The van der Waals surface area contributed by atoms with Gasteiger partial charge in [-0.1, -0.05) is 92.8 Å². The van der Waals surface area contributed by atoms with Crippen molar-refractivity contribution in [3.63, 3.8) is 0 Å². The Morgan fingerprint density at radius 3 is 2.13 bits per heavy atom. The van der Waals surface area contributed by atoms with Gasteiger partial charge in [-0.25, -0.2) is 0 Å². The third-order valence-corrected chi connectivity index (χ3v) is 5.83. The number of alkyl halides is 3. The van der Waals surface area contributed by atoms with Crippen LogP contribution in [0.25, 0.3) is 0 Å². The Kier molecular flexibility index (Phi) is 4.87. The molecule has 3 heteroatoms. The van der Waals surface area contributed by atoms with Crippen LogP contribution in [0.1, 0.15) is 36.7 Å². The van der Waals surface area contributed by atoms with E-state index < -0.39 is 0 Å². The van der Waals surface area contributed by atoms with E-state index in [1.54, 1.807) is 0 Å². The Morgan fingerprint density at radius 2 is 1.67 bits per heavy atom. The fourth-order valence-corrected chi connectivity index (χ4v) is 2.22. The van der Waals surface area contributed by atoms with Crippen molar-refractivity contribution in [1.29, 1.82) is 0 Å². The van der Waals surface area contributed by atoms with Crippen molar-refractivity contribution < 1.29 is 0 Å². The topological polar surface area (TPSA) is 0 Å². The summed E-state index contributed by atoms with van der Waals surface area (Å²) >= 11 is 10.7. The van der Waals surface area contributed by atoms with Crippen molar-refractivity contribution in [3.8, 4) is 0 Å². The van der Waals surface area contributed by atoms with Crippen LogP contribution in [0.2, 0.25) is 0 Å². The molecule has 0 aromatic heterocycles. The summed E-state index contributed by atoms with van der Waals surface area (Å²) in [4.78, 5) is 0.291. The van der Waals surface area contributed by atoms with E-state index in [0.29, 0.717) is 4.83 Å². The molecule has 84 valence electrons. The molecule has 1 rings (SSSR count). The van der Waals surface area contributed by atoms with Crippen LogP contribution >= 0.6 is 47.8 Å². The smallest absolute Gasteiger partial charge is 0.0817 e. The summed E-state index contributed by atoms with van der Waals surface area (Å²) in [6.07, 6.45) is 0. The molecule has 0 aliphatic heterocycles. The molecule has 0 heterocycles. The van der Waals surface area contributed by atoms with Gasteiger partial charge in [0.25, 0.3) is 0 Å². The van der Waals surface area contributed by atoms with Crippen molar-refractivity contribution >= 4 is 47.8 Å². The molecular weight excluding hydrogens is 384 g/mol. The van der Waals surface area contributed by atoms with E-state index in [0.717, 1.165) is 0 Å². The second kappa shape index (κ2) is 5.33. The summed E-state index contributed by atoms with van der Waals surface area (Å²) < 4.78 is 0.250. The molecule has 0 spiro atoms. The highest BCUT2D eigenvalue weighted by molar-refractivity contribution is 9.25. The van der Waals surface area contributed by atoms with Crippen molar-refractivity contribution in [2.45, 2.75) is 34.7 Å². The standard InChI is InChI=1S/C12H15Br3/c1-12(2,3)9-6-4-5-8(7-9)10(13)11(14)15/h4-7,10-11H,1-3H3. The third kappa shape index (κ3) is 3.86. The molecule has 0 radical (unpaired) electrons. The Balaban J connectivity index is 3.03. The van der Waals surface area contributed by atoms with Gasteiger partial charge in [-0.15, -0.1) is 0 Å². The molecule has 0 amide bonds. The fraction of sp³-hybridized carbons (Fsp3) is 0.500. The van der Waals surface area contributed by atoms with E-state index in [-0.39, 0.29) is 9.15 Å². The molecule has 0 aliphatic carbocycles. The van der Waals surface area contributed by atoms with Gasteiger partial charge in [-0.05, 0) is 16.5 Å². The first kappa shape index (κ1) is 13.7. The molecular formula is C12H15Br3. The van der Waals surface area contributed by atoms with Gasteiger partial charge in [0.1, 0.15) is 0 Å². The maximum absolute atomic E-state index is 3.66. The van der Waals surface area contributed by atoms with Gasteiger partial charge in [0.05, 0.1) is 8.56 Å². The van der Waals surface area contributed by atoms with E-state index in [9.17, 15) is 0 Å². The molecule has 1 aromatic carbocycles. The van der Waals surface area contributed by atoms with E-state index in [4.69, 9.17) is 0 Å². The highest BCUT2D eigenvalue weighted by atomic mass is 79.9. The molecule has 1 unspecified atom stereocenters. The number of rotatable bonds is 2. The number of hydrogen-bond donors (Lipinski definition) is 0. The summed E-state index contributed by atoms with van der Waals surface area (Å²) in [6.45, 7) is 6.69. The fourth-order valence-electron chi connectivity index (χ4n) is 1.32. The lowest BCUT2D eigenvalue weighted by atomic mass is 9.86. The Hall–Kier alpha value is 0.660. The zero-order valence-corrected chi connectivity index (χ0v) is 13.9. The Bertz CT molecular complexity index is 326. The van der Waals surface area contributed by atoms with Gasteiger partial charge in [0, 0.05) is 0 Å². The van der Waals surface area contributed by atoms with Crippen LogP contribution in [-0.4, -0.2) is 3.74 Å². The highest BCUT2D eigenvalue weighted by Gasteiger charge is 2.18. The summed E-state index contributed by atoms with van der Waals surface area (Å²) in [5.74, 6) is 0. The average Bonchev–Trinajstić information content (AvgIpc) is 2.15. The first-order valence-corrected chi connectivity index (χ1v) is 7.60.